The van der Waals surface area contributed by atoms with E-state index in [-0.39, 0.29) is 22.9 Å². The summed E-state index contributed by atoms with van der Waals surface area (Å²) in [6, 6.07) is 0.0687. The van der Waals surface area contributed by atoms with Crippen LogP contribution in [0.2, 0.25) is 0 Å². The summed E-state index contributed by atoms with van der Waals surface area (Å²) < 4.78 is 26.6. The Balaban J connectivity index is 2.29. The molecule has 134 valence electrons. The third kappa shape index (κ3) is 2.61. The van der Waals surface area contributed by atoms with Crippen LogP contribution >= 0.6 is 0 Å². The molecule has 0 spiro atoms. The molecule has 3 rings (SSSR count). The summed E-state index contributed by atoms with van der Waals surface area (Å²) in [5.41, 5.74) is 1.84. The van der Waals surface area contributed by atoms with Gasteiger partial charge in [-0.25, -0.2) is 12.7 Å². The van der Waals surface area contributed by atoms with Crippen molar-refractivity contribution < 1.29 is 18.0 Å². The van der Waals surface area contributed by atoms with E-state index in [9.17, 15) is 22.9 Å². The molecule has 1 aromatic carbocycles. The lowest BCUT2D eigenvalue weighted by Crippen LogP contribution is -2.36. The van der Waals surface area contributed by atoms with Crippen LogP contribution in [0.1, 0.15) is 29.7 Å². The topological polar surface area (TPSA) is 116 Å². The van der Waals surface area contributed by atoms with Crippen LogP contribution < -0.4 is 5.32 Å². The second-order valence-electron chi connectivity index (χ2n) is 6.27. The highest BCUT2D eigenvalue weighted by Crippen LogP contribution is 2.42. The number of sulfonamides is 1. The number of fused-ring (bicyclic) bond motifs is 3. The van der Waals surface area contributed by atoms with Crippen molar-refractivity contribution in [2.24, 2.45) is 5.18 Å². The molecule has 1 unspecified atom stereocenters. The van der Waals surface area contributed by atoms with Gasteiger partial charge in [-0.1, -0.05) is 5.18 Å². The number of amides is 2. The first-order valence-corrected chi connectivity index (χ1v) is 9.12. The molecule has 1 aromatic rings. The van der Waals surface area contributed by atoms with E-state index in [2.05, 4.69) is 10.5 Å². The maximum atomic E-state index is 12.8. The maximum Gasteiger partial charge on any atom is 0.257 e. The lowest BCUT2D eigenvalue weighted by molar-refractivity contribution is -0.129. The molecule has 0 aliphatic carbocycles. The first-order chi connectivity index (χ1) is 11.7. The largest absolute Gasteiger partial charge is 0.338 e. The van der Waals surface area contributed by atoms with E-state index in [1.54, 1.807) is 4.90 Å². The summed E-state index contributed by atoms with van der Waals surface area (Å²) in [7, 11) is -1.02. The van der Waals surface area contributed by atoms with Crippen molar-refractivity contribution in [1.82, 2.24) is 9.21 Å². The van der Waals surface area contributed by atoms with E-state index in [1.807, 2.05) is 0 Å². The van der Waals surface area contributed by atoms with Gasteiger partial charge in [0.05, 0.1) is 10.6 Å². The van der Waals surface area contributed by atoms with Gasteiger partial charge < -0.3 is 10.2 Å². The number of carbonyl (C=O) groups excluding carboxylic acids is 2. The molecule has 0 saturated carbocycles. The summed E-state index contributed by atoms with van der Waals surface area (Å²) in [5, 5.41) is 5.47. The summed E-state index contributed by atoms with van der Waals surface area (Å²) in [6.45, 7) is 1.97. The quantitative estimate of drug-likeness (QED) is 0.787. The second kappa shape index (κ2) is 5.88. The minimum Gasteiger partial charge on any atom is -0.338 e. The van der Waals surface area contributed by atoms with Gasteiger partial charge in [-0.3, -0.25) is 9.59 Å². The Kier molecular flexibility index (Phi) is 4.12. The second-order valence-corrected chi connectivity index (χ2v) is 8.39. The van der Waals surface area contributed by atoms with Gasteiger partial charge in [-0.05, 0) is 23.6 Å². The monoisotopic (exact) mass is 366 g/mol. The normalized spacial score (nSPS) is 19.4. The predicted molar refractivity (Wildman–Crippen MR) is 89.3 cm³/mol. The fraction of sp³-hybridized carbons (Fsp3) is 0.467. The van der Waals surface area contributed by atoms with Crippen molar-refractivity contribution in [2.75, 3.05) is 26.0 Å². The highest BCUT2D eigenvalue weighted by atomic mass is 32.2. The molecule has 2 aliphatic heterocycles. The first kappa shape index (κ1) is 17.5. The van der Waals surface area contributed by atoms with E-state index in [1.165, 1.54) is 27.1 Å². The summed E-state index contributed by atoms with van der Waals surface area (Å²) in [5.74, 6) is -0.726. The molecule has 0 fully saturated rings. The van der Waals surface area contributed by atoms with Crippen LogP contribution in [0.15, 0.2) is 16.1 Å². The van der Waals surface area contributed by atoms with Crippen LogP contribution in [-0.2, 0) is 32.6 Å². The van der Waals surface area contributed by atoms with Crippen molar-refractivity contribution in [1.29, 1.82) is 0 Å². The number of rotatable bonds is 3. The Morgan fingerprint density at radius 3 is 2.60 bits per heavy atom. The van der Waals surface area contributed by atoms with Crippen LogP contribution in [0.25, 0.3) is 0 Å². The van der Waals surface area contributed by atoms with E-state index in [0.717, 1.165) is 4.31 Å². The molecule has 25 heavy (non-hydrogen) atoms. The third-order valence-electron chi connectivity index (χ3n) is 4.62. The van der Waals surface area contributed by atoms with Crippen LogP contribution in [0.5, 0.6) is 0 Å². The van der Waals surface area contributed by atoms with Crippen molar-refractivity contribution in [3.05, 3.63) is 27.7 Å². The van der Waals surface area contributed by atoms with E-state index < -0.39 is 22.0 Å². The first-order valence-electron chi connectivity index (χ1n) is 7.68. The van der Waals surface area contributed by atoms with Crippen LogP contribution in [0.3, 0.4) is 0 Å². The van der Waals surface area contributed by atoms with Gasteiger partial charge in [0.1, 0.15) is 0 Å². The fourth-order valence-electron chi connectivity index (χ4n) is 3.24. The number of hydrogen-bond donors (Lipinski definition) is 1. The smallest absolute Gasteiger partial charge is 0.257 e. The predicted octanol–water partition coefficient (Wildman–Crippen LogP) is 0.601. The highest BCUT2D eigenvalue weighted by Gasteiger charge is 2.39. The van der Waals surface area contributed by atoms with E-state index >= 15 is 0 Å². The van der Waals surface area contributed by atoms with Gasteiger partial charge >= 0.3 is 0 Å². The van der Waals surface area contributed by atoms with Crippen molar-refractivity contribution in [3.63, 3.8) is 0 Å². The number of nitrogens with one attached hydrogen (secondary N) is 1. The standard InChI is InChI=1S/C15H18N4O5S/c1-8(20)19-5-4-9-11(7-19)12(25(23,24)18(2)3)6-10-13(9)16-15(21)14(10)17-22/h6,14H,4-5,7H2,1-3H3,(H,16,21). The number of hydrogen-bond acceptors (Lipinski definition) is 6. The molecule has 2 amide bonds. The minimum atomic E-state index is -3.83. The molecular weight excluding hydrogens is 348 g/mol. The molecule has 2 heterocycles. The van der Waals surface area contributed by atoms with Crippen LogP contribution in [0.4, 0.5) is 5.69 Å². The number of benzene rings is 1. The Morgan fingerprint density at radius 1 is 1.36 bits per heavy atom. The molecule has 0 bridgehead atoms. The molecule has 0 radical (unpaired) electrons. The molecule has 0 aromatic heterocycles. The third-order valence-corrected chi connectivity index (χ3v) is 6.50. The van der Waals surface area contributed by atoms with Crippen molar-refractivity contribution >= 4 is 27.5 Å². The summed E-state index contributed by atoms with van der Waals surface area (Å²) in [4.78, 5) is 36.3. The molecule has 0 saturated heterocycles. The highest BCUT2D eigenvalue weighted by molar-refractivity contribution is 7.89. The molecule has 2 aliphatic rings. The average molecular weight is 366 g/mol. The molecule has 10 heteroatoms. The number of nitroso groups, excluding NO2 is 1. The molecule has 1 N–H and O–H groups in total. The van der Waals surface area contributed by atoms with E-state index in [0.29, 0.717) is 29.8 Å². The lowest BCUT2D eigenvalue weighted by atomic mass is 9.94. The van der Waals surface area contributed by atoms with Crippen LogP contribution in [-0.4, -0.2) is 50.1 Å². The summed E-state index contributed by atoms with van der Waals surface area (Å²) >= 11 is 0. The fourth-order valence-corrected chi connectivity index (χ4v) is 4.41. The Bertz CT molecular complexity index is 894. The average Bonchev–Trinajstić information content (AvgIpc) is 2.88. The number of carbonyl (C=O) groups is 2. The molecule has 9 nitrogen and oxygen atoms in total. The Hall–Kier alpha value is -2.33. The molecule has 1 atom stereocenters. The van der Waals surface area contributed by atoms with Crippen molar-refractivity contribution in [3.8, 4) is 0 Å². The van der Waals surface area contributed by atoms with Gasteiger partial charge in [-0.2, -0.15) is 0 Å². The zero-order valence-corrected chi connectivity index (χ0v) is 14.9. The summed E-state index contributed by atoms with van der Waals surface area (Å²) in [6.07, 6.45) is 0.389. The lowest BCUT2D eigenvalue weighted by Gasteiger charge is -2.31. The molecular formula is C15H18N4O5S. The zero-order valence-electron chi connectivity index (χ0n) is 14.1. The Labute approximate surface area is 145 Å². The van der Waals surface area contributed by atoms with Gasteiger partial charge in [0.2, 0.25) is 15.9 Å². The maximum absolute atomic E-state index is 12.8. The van der Waals surface area contributed by atoms with E-state index in [4.69, 9.17) is 0 Å². The minimum absolute atomic E-state index is 0.00218. The van der Waals surface area contributed by atoms with Crippen molar-refractivity contribution in [2.45, 2.75) is 30.8 Å². The van der Waals surface area contributed by atoms with Crippen LogP contribution in [0, 0.1) is 4.91 Å². The number of nitrogens with zero attached hydrogens (tertiary/aromatic N) is 3. The zero-order chi connectivity index (χ0) is 18.5. The van der Waals surface area contributed by atoms with Gasteiger partial charge in [0.15, 0.2) is 6.04 Å². The van der Waals surface area contributed by atoms with Gasteiger partial charge in [-0.15, -0.1) is 4.91 Å². The van der Waals surface area contributed by atoms with Gasteiger partial charge in [0, 0.05) is 39.7 Å². The SMILES string of the molecule is CC(=O)N1CCc2c(c(S(=O)(=O)N(C)C)cc3c2NC(=O)C3N=O)C1. The Morgan fingerprint density at radius 2 is 2.04 bits per heavy atom. The van der Waals surface area contributed by atoms with Gasteiger partial charge in [0.25, 0.3) is 5.91 Å². The number of anilines is 1.